The number of nitrogens with one attached hydrogen (secondary N) is 1. The zero-order valence-corrected chi connectivity index (χ0v) is 17.2. The summed E-state index contributed by atoms with van der Waals surface area (Å²) < 4.78 is 31.7. The topological polar surface area (TPSA) is 72.9 Å². The lowest BCUT2D eigenvalue weighted by Crippen LogP contribution is -2.48. The van der Waals surface area contributed by atoms with Gasteiger partial charge < -0.3 is 20.2 Å². The molecule has 1 saturated heterocycles. The third kappa shape index (κ3) is 4.88. The van der Waals surface area contributed by atoms with Crippen molar-refractivity contribution in [3.05, 3.63) is 35.4 Å². The molecule has 1 aromatic rings. The molecule has 0 radical (unpaired) electrons. The van der Waals surface area contributed by atoms with Gasteiger partial charge in [0.15, 0.2) is 0 Å². The molecule has 3 aliphatic rings. The number of piperidine rings is 1. The van der Waals surface area contributed by atoms with E-state index in [2.05, 4.69) is 48.6 Å². The largest absolute Gasteiger partial charge is 0.490 e. The Morgan fingerprint density at radius 1 is 1.17 bits per heavy atom. The Bertz CT molecular complexity index is 785. The number of fused-ring (bicyclic) bond motifs is 2. The summed E-state index contributed by atoms with van der Waals surface area (Å²) in [5.74, 6) is -2.76. The predicted molar refractivity (Wildman–Crippen MR) is 105 cm³/mol. The molecule has 1 spiro atoms. The van der Waals surface area contributed by atoms with Gasteiger partial charge in [-0.15, -0.1) is 0 Å². The van der Waals surface area contributed by atoms with Gasteiger partial charge in [0.05, 0.1) is 0 Å². The van der Waals surface area contributed by atoms with Gasteiger partial charge >= 0.3 is 18.2 Å². The van der Waals surface area contributed by atoms with Crippen LogP contribution < -0.4 is 5.32 Å². The Kier molecular flexibility index (Phi) is 6.31. The summed E-state index contributed by atoms with van der Waals surface area (Å²) in [5.41, 5.74) is 3.29. The van der Waals surface area contributed by atoms with Crippen molar-refractivity contribution in [2.45, 2.75) is 55.8 Å². The fourth-order valence-corrected chi connectivity index (χ4v) is 4.43. The van der Waals surface area contributed by atoms with Gasteiger partial charge in [-0.3, -0.25) is 0 Å². The van der Waals surface area contributed by atoms with Gasteiger partial charge in [-0.25, -0.2) is 9.59 Å². The number of carboxylic acids is 1. The summed E-state index contributed by atoms with van der Waals surface area (Å²) >= 11 is 0. The van der Waals surface area contributed by atoms with Crippen molar-refractivity contribution in [1.82, 2.24) is 15.1 Å². The van der Waals surface area contributed by atoms with Crippen molar-refractivity contribution in [2.75, 3.05) is 27.2 Å². The zero-order chi connectivity index (χ0) is 22.1. The van der Waals surface area contributed by atoms with Crippen LogP contribution in [-0.4, -0.2) is 66.3 Å². The molecule has 1 aromatic carbocycles. The third-order valence-electron chi connectivity index (χ3n) is 6.25. The molecule has 6 nitrogen and oxygen atoms in total. The van der Waals surface area contributed by atoms with E-state index in [0.717, 1.165) is 38.8 Å². The van der Waals surface area contributed by atoms with Gasteiger partial charge in [0, 0.05) is 30.6 Å². The maximum Gasteiger partial charge on any atom is 0.490 e. The van der Waals surface area contributed by atoms with E-state index in [1.54, 1.807) is 0 Å². The molecule has 166 valence electrons. The number of halogens is 3. The number of amides is 2. The van der Waals surface area contributed by atoms with Gasteiger partial charge in [-0.1, -0.05) is 24.3 Å². The van der Waals surface area contributed by atoms with Crippen LogP contribution in [0.3, 0.4) is 0 Å². The molecule has 0 aromatic heterocycles. The van der Waals surface area contributed by atoms with Crippen molar-refractivity contribution in [1.29, 1.82) is 0 Å². The lowest BCUT2D eigenvalue weighted by Gasteiger charge is -2.40. The molecular formula is C21H28F3N3O3. The molecule has 2 N–H and O–H groups in total. The van der Waals surface area contributed by atoms with Crippen molar-refractivity contribution >= 4 is 12.0 Å². The number of hydrogen-bond donors (Lipinski definition) is 2. The van der Waals surface area contributed by atoms with E-state index in [1.165, 1.54) is 17.5 Å². The first-order valence-corrected chi connectivity index (χ1v) is 10.1. The Hall–Kier alpha value is -2.29. The van der Waals surface area contributed by atoms with E-state index in [4.69, 9.17) is 9.90 Å². The van der Waals surface area contributed by atoms with E-state index in [1.807, 2.05) is 4.90 Å². The summed E-state index contributed by atoms with van der Waals surface area (Å²) in [5, 5.41) is 10.3. The van der Waals surface area contributed by atoms with Gasteiger partial charge in [0.2, 0.25) is 0 Å². The first kappa shape index (κ1) is 22.4. The summed E-state index contributed by atoms with van der Waals surface area (Å²) in [4.78, 5) is 25.5. The highest BCUT2D eigenvalue weighted by Crippen LogP contribution is 2.52. The maximum atomic E-state index is 12.3. The van der Waals surface area contributed by atoms with Crippen molar-refractivity contribution in [3.63, 3.8) is 0 Å². The van der Waals surface area contributed by atoms with Crippen molar-refractivity contribution in [3.8, 4) is 0 Å². The van der Waals surface area contributed by atoms with Gasteiger partial charge in [0.1, 0.15) is 0 Å². The van der Waals surface area contributed by atoms with Crippen LogP contribution in [0.1, 0.15) is 49.3 Å². The molecule has 1 heterocycles. The third-order valence-corrected chi connectivity index (χ3v) is 6.25. The Labute approximate surface area is 174 Å². The first-order chi connectivity index (χ1) is 14.0. The second-order valence-corrected chi connectivity index (χ2v) is 8.56. The number of carboxylic acid groups (broad SMARTS) is 1. The molecule has 4 rings (SSSR count). The predicted octanol–water partition coefficient (Wildman–Crippen LogP) is 3.53. The van der Waals surface area contributed by atoms with E-state index < -0.39 is 12.1 Å². The molecule has 2 aliphatic carbocycles. The van der Waals surface area contributed by atoms with Crippen molar-refractivity contribution in [2.24, 2.45) is 0 Å². The number of urea groups is 1. The molecule has 30 heavy (non-hydrogen) atoms. The number of nitrogens with zero attached hydrogens (tertiary/aromatic N) is 2. The summed E-state index contributed by atoms with van der Waals surface area (Å²) in [6, 6.07) is 10.1. The zero-order valence-electron chi connectivity index (χ0n) is 17.2. The summed E-state index contributed by atoms with van der Waals surface area (Å²) in [6.07, 6.45) is 0.596. The number of aliphatic carboxylic acids is 1. The molecule has 1 aliphatic heterocycles. The number of hydrogen-bond acceptors (Lipinski definition) is 3. The van der Waals surface area contributed by atoms with Crippen LogP contribution in [0.25, 0.3) is 0 Å². The smallest absolute Gasteiger partial charge is 0.475 e. The lowest BCUT2D eigenvalue weighted by atomic mass is 9.73. The molecule has 1 atom stereocenters. The monoisotopic (exact) mass is 427 g/mol. The fourth-order valence-electron chi connectivity index (χ4n) is 4.43. The Morgan fingerprint density at radius 2 is 1.73 bits per heavy atom. The van der Waals surface area contributed by atoms with E-state index >= 15 is 0 Å². The molecule has 9 heteroatoms. The summed E-state index contributed by atoms with van der Waals surface area (Å²) in [6.45, 7) is 1.76. The van der Waals surface area contributed by atoms with Crippen LogP contribution in [0.4, 0.5) is 18.0 Å². The van der Waals surface area contributed by atoms with Crippen LogP contribution in [0.5, 0.6) is 0 Å². The summed E-state index contributed by atoms with van der Waals surface area (Å²) in [7, 11) is 4.36. The van der Waals surface area contributed by atoms with Crippen LogP contribution in [-0.2, 0) is 10.2 Å². The fraction of sp³-hybridized carbons (Fsp3) is 0.619. The van der Waals surface area contributed by atoms with E-state index in [-0.39, 0.29) is 11.4 Å². The highest BCUT2D eigenvalue weighted by molar-refractivity contribution is 5.75. The first-order valence-electron chi connectivity index (χ1n) is 10.1. The standard InChI is InChI=1S/C19H27N3O.C2HF3O2/c1-21(2)17-13-19(16-6-4-3-5-15(16)17)9-11-22(12-10-19)18(23)20-14-7-8-14;3-2(4,5)1(6)7/h3-6,14,17H,7-13H2,1-2H3,(H,20,23);(H,6,7). The lowest BCUT2D eigenvalue weighted by molar-refractivity contribution is -0.192. The highest BCUT2D eigenvalue weighted by atomic mass is 19.4. The van der Waals surface area contributed by atoms with Gasteiger partial charge in [-0.05, 0) is 57.3 Å². The number of alkyl halides is 3. The van der Waals surface area contributed by atoms with Crippen LogP contribution in [0, 0.1) is 0 Å². The Morgan fingerprint density at radius 3 is 2.23 bits per heavy atom. The highest BCUT2D eigenvalue weighted by Gasteiger charge is 2.46. The molecule has 2 amide bonds. The van der Waals surface area contributed by atoms with E-state index in [9.17, 15) is 18.0 Å². The molecular weight excluding hydrogens is 399 g/mol. The molecule has 1 unspecified atom stereocenters. The quantitative estimate of drug-likeness (QED) is 0.758. The van der Waals surface area contributed by atoms with Crippen LogP contribution in [0.2, 0.25) is 0 Å². The van der Waals surface area contributed by atoms with Gasteiger partial charge in [0.25, 0.3) is 0 Å². The number of benzene rings is 1. The minimum absolute atomic E-state index is 0.151. The van der Waals surface area contributed by atoms with Crippen LogP contribution in [0.15, 0.2) is 24.3 Å². The number of likely N-dealkylation sites (tertiary alicyclic amines) is 1. The Balaban J connectivity index is 0.000000318. The average Bonchev–Trinajstić information content (AvgIpc) is 3.44. The SMILES string of the molecule is CN(C)C1CC2(CCN(C(=O)NC3CC3)CC2)c2ccccc21.O=C(O)C(F)(F)F. The minimum atomic E-state index is -5.08. The number of carbonyl (C=O) groups excluding carboxylic acids is 1. The van der Waals surface area contributed by atoms with Crippen molar-refractivity contribution < 1.29 is 27.9 Å². The van der Waals surface area contributed by atoms with Crippen LogP contribution >= 0.6 is 0 Å². The maximum absolute atomic E-state index is 12.3. The number of rotatable bonds is 2. The second-order valence-electron chi connectivity index (χ2n) is 8.56. The second kappa shape index (κ2) is 8.45. The molecule has 1 saturated carbocycles. The van der Waals surface area contributed by atoms with Gasteiger partial charge in [-0.2, -0.15) is 13.2 Å². The minimum Gasteiger partial charge on any atom is -0.475 e. The van der Waals surface area contributed by atoms with E-state index in [0.29, 0.717) is 12.1 Å². The molecule has 2 fully saturated rings. The molecule has 0 bridgehead atoms. The normalized spacial score (nSPS) is 22.3. The number of carbonyl (C=O) groups is 2. The average molecular weight is 427 g/mol.